The fourth-order valence-electron chi connectivity index (χ4n) is 9.22. The molecule has 1 aliphatic heterocycles. The Hall–Kier alpha value is -4.19. The van der Waals surface area contributed by atoms with Crippen LogP contribution < -0.4 is 5.32 Å². The molecule has 0 aliphatic carbocycles. The van der Waals surface area contributed by atoms with Gasteiger partial charge in [-0.1, -0.05) is 268 Å². The molecule has 6 N–H and O–H groups in total. The third-order valence-electron chi connectivity index (χ3n) is 14.3. The monoisotopic (exact) mass is 1140 g/mol. The van der Waals surface area contributed by atoms with E-state index >= 15 is 0 Å². The Bertz CT molecular complexity index is 1850. The minimum Gasteiger partial charge on any atom is -0.394 e. The molecule has 0 aromatic carbocycles. The standard InChI is InChI=1S/C73H119NO8/c1-3-5-7-9-11-13-15-17-19-21-23-25-27-28-29-30-31-32-33-34-35-36-37-38-39-40-41-43-45-47-49-51-53-55-57-59-61-63-69(77)74-66(65-81-73-72(80)71(79)70(78)68(64-75)82-73)67(76)62-60-58-56-54-52-50-48-46-44-42-26-24-22-20-18-16-14-12-10-8-6-4-2/h5,7,11,13,17,19,23,25,28-29,31-32,34-35,37-38,40-41,44-47,52,54,60,62,66-68,70-73,75-76,78-80H,3-4,6,8-10,12,14-16,18,20-22,24,26-27,30,33,36,39,42-43,48-51,53,55-59,61,63-65H2,1-2H3,(H,74,77)/b7-5-,13-11-,19-17-,25-23-,29-28-,32-31-,35-34-,38-37-,41-40-,46-44+,47-45-,54-52+,62-60+. The first-order valence-electron chi connectivity index (χ1n) is 32.7. The summed E-state index contributed by atoms with van der Waals surface area (Å²) < 4.78 is 11.3. The fourth-order valence-corrected chi connectivity index (χ4v) is 9.22. The van der Waals surface area contributed by atoms with Crippen molar-refractivity contribution < 1.29 is 39.8 Å². The van der Waals surface area contributed by atoms with E-state index in [9.17, 15) is 30.3 Å². The third-order valence-corrected chi connectivity index (χ3v) is 14.3. The maximum Gasteiger partial charge on any atom is 0.220 e. The highest BCUT2D eigenvalue weighted by Crippen LogP contribution is 2.23. The van der Waals surface area contributed by atoms with Gasteiger partial charge < -0.3 is 40.3 Å². The average Bonchev–Trinajstić information content (AvgIpc) is 3.59. The molecule has 1 fully saturated rings. The number of carbonyl (C=O) groups is 1. The number of ether oxygens (including phenoxy) is 2. The molecule has 7 atom stereocenters. The summed E-state index contributed by atoms with van der Waals surface area (Å²) in [6, 6.07) is -0.850. The molecule has 1 heterocycles. The van der Waals surface area contributed by atoms with Crippen LogP contribution in [-0.2, 0) is 14.3 Å². The molecule has 0 aromatic heterocycles. The molecular weight excluding hydrogens is 1020 g/mol. The molecule has 1 aliphatic rings. The van der Waals surface area contributed by atoms with Gasteiger partial charge in [0.2, 0.25) is 5.91 Å². The molecule has 0 aromatic rings. The van der Waals surface area contributed by atoms with Crippen LogP contribution in [0.4, 0.5) is 0 Å². The van der Waals surface area contributed by atoms with Crippen LogP contribution in [0.25, 0.3) is 0 Å². The lowest BCUT2D eigenvalue weighted by Gasteiger charge is -2.40. The van der Waals surface area contributed by atoms with Crippen LogP contribution >= 0.6 is 0 Å². The van der Waals surface area contributed by atoms with Crippen molar-refractivity contribution in [3.8, 4) is 0 Å². The third kappa shape index (κ3) is 48.2. The first-order valence-corrected chi connectivity index (χ1v) is 32.7. The Kier molecular flexibility index (Phi) is 55.4. The highest BCUT2D eigenvalue weighted by atomic mass is 16.7. The summed E-state index contributed by atoms with van der Waals surface area (Å²) in [5, 5.41) is 54.6. The normalized spacial score (nSPS) is 19.4. The molecule has 0 radical (unpaired) electrons. The van der Waals surface area contributed by atoms with Gasteiger partial charge in [0, 0.05) is 6.42 Å². The summed E-state index contributed by atoms with van der Waals surface area (Å²) in [4.78, 5) is 13.1. The van der Waals surface area contributed by atoms with Gasteiger partial charge in [0.15, 0.2) is 6.29 Å². The van der Waals surface area contributed by atoms with Gasteiger partial charge in [-0.25, -0.2) is 0 Å². The largest absolute Gasteiger partial charge is 0.394 e. The highest BCUT2D eigenvalue weighted by molar-refractivity contribution is 5.76. The Balaban J connectivity index is 2.24. The van der Waals surface area contributed by atoms with Gasteiger partial charge in [-0.05, 0) is 122 Å². The summed E-state index contributed by atoms with van der Waals surface area (Å²) in [6.07, 6.45) is 87.5. The first kappa shape index (κ1) is 75.8. The topological polar surface area (TPSA) is 149 Å². The average molecular weight is 1140 g/mol. The number of hydrogen-bond acceptors (Lipinski definition) is 8. The van der Waals surface area contributed by atoms with Crippen LogP contribution in [0.15, 0.2) is 158 Å². The van der Waals surface area contributed by atoms with Crippen molar-refractivity contribution in [1.29, 1.82) is 0 Å². The van der Waals surface area contributed by atoms with E-state index in [1.54, 1.807) is 6.08 Å². The van der Waals surface area contributed by atoms with Gasteiger partial charge >= 0.3 is 0 Å². The molecule has 1 amide bonds. The van der Waals surface area contributed by atoms with Crippen LogP contribution in [0.2, 0.25) is 0 Å². The predicted molar refractivity (Wildman–Crippen MR) is 349 cm³/mol. The maximum atomic E-state index is 13.1. The summed E-state index contributed by atoms with van der Waals surface area (Å²) in [5.41, 5.74) is 0. The predicted octanol–water partition coefficient (Wildman–Crippen LogP) is 17.6. The fraction of sp³-hybridized carbons (Fsp3) is 0.630. The molecule has 1 saturated heterocycles. The lowest BCUT2D eigenvalue weighted by Crippen LogP contribution is -2.60. The summed E-state index contributed by atoms with van der Waals surface area (Å²) in [5.74, 6) is -0.211. The number of nitrogens with one attached hydrogen (secondary N) is 1. The van der Waals surface area contributed by atoms with Gasteiger partial charge in [0.05, 0.1) is 25.4 Å². The molecule has 0 saturated carbocycles. The lowest BCUT2D eigenvalue weighted by atomic mass is 9.99. The van der Waals surface area contributed by atoms with E-state index in [1.807, 2.05) is 6.08 Å². The summed E-state index contributed by atoms with van der Waals surface area (Å²) in [7, 11) is 0. The van der Waals surface area contributed by atoms with E-state index in [4.69, 9.17) is 9.47 Å². The van der Waals surface area contributed by atoms with Crippen molar-refractivity contribution in [3.63, 3.8) is 0 Å². The zero-order valence-electron chi connectivity index (χ0n) is 51.7. The van der Waals surface area contributed by atoms with E-state index < -0.39 is 49.5 Å². The second-order valence-corrected chi connectivity index (χ2v) is 21.8. The number of aliphatic hydroxyl groups excluding tert-OH is 5. The van der Waals surface area contributed by atoms with Crippen molar-refractivity contribution in [2.75, 3.05) is 13.2 Å². The van der Waals surface area contributed by atoms with Gasteiger partial charge in [-0.3, -0.25) is 4.79 Å². The van der Waals surface area contributed by atoms with Crippen LogP contribution in [0.5, 0.6) is 0 Å². The van der Waals surface area contributed by atoms with E-state index in [0.717, 1.165) is 141 Å². The Morgan fingerprint density at radius 2 is 0.768 bits per heavy atom. The van der Waals surface area contributed by atoms with Crippen molar-refractivity contribution in [3.05, 3.63) is 158 Å². The van der Waals surface area contributed by atoms with Crippen LogP contribution in [0.3, 0.4) is 0 Å². The van der Waals surface area contributed by atoms with Crippen molar-refractivity contribution >= 4 is 5.91 Å². The Morgan fingerprint density at radius 1 is 0.427 bits per heavy atom. The van der Waals surface area contributed by atoms with E-state index in [1.165, 1.54) is 77.0 Å². The van der Waals surface area contributed by atoms with Crippen LogP contribution in [-0.4, -0.2) is 87.5 Å². The molecule has 464 valence electrons. The zero-order valence-corrected chi connectivity index (χ0v) is 51.7. The summed E-state index contributed by atoms with van der Waals surface area (Å²) >= 11 is 0. The Labute approximate surface area is 501 Å². The quantitative estimate of drug-likeness (QED) is 0.0261. The minimum absolute atomic E-state index is 0.211. The van der Waals surface area contributed by atoms with Crippen LogP contribution in [0.1, 0.15) is 239 Å². The van der Waals surface area contributed by atoms with Crippen molar-refractivity contribution in [1.82, 2.24) is 5.32 Å². The number of rotatable bonds is 54. The molecule has 7 unspecified atom stereocenters. The molecule has 1 rings (SSSR count). The molecular formula is C73H119NO8. The van der Waals surface area contributed by atoms with Gasteiger partial charge in [0.1, 0.15) is 24.4 Å². The van der Waals surface area contributed by atoms with Crippen LogP contribution in [0, 0.1) is 0 Å². The smallest absolute Gasteiger partial charge is 0.220 e. The SMILES string of the molecule is CC/C=C\C/C=C\C/C=C\C/C=C\C/C=C\C/C=C\C/C=C\C/C=C\C/C=C\C/C=C\CCCCCCCCC(=O)NC(COC1OC(CO)C(O)C(O)C1O)C(O)/C=C/CC/C=C/CC/C=C/CCCCCCCCCCCCCC. The zero-order chi connectivity index (χ0) is 59.3. The van der Waals surface area contributed by atoms with E-state index in [0.29, 0.717) is 6.42 Å². The molecule has 82 heavy (non-hydrogen) atoms. The summed E-state index contributed by atoms with van der Waals surface area (Å²) in [6.45, 7) is 3.63. The van der Waals surface area contributed by atoms with Crippen molar-refractivity contribution in [2.24, 2.45) is 0 Å². The van der Waals surface area contributed by atoms with E-state index in [2.05, 4.69) is 165 Å². The number of unbranched alkanes of at least 4 members (excludes halogenated alkanes) is 20. The maximum absolute atomic E-state index is 13.1. The van der Waals surface area contributed by atoms with Gasteiger partial charge in [0.25, 0.3) is 0 Å². The minimum atomic E-state index is -1.59. The number of amides is 1. The number of aliphatic hydroxyl groups is 5. The van der Waals surface area contributed by atoms with E-state index in [-0.39, 0.29) is 12.5 Å². The second-order valence-electron chi connectivity index (χ2n) is 21.8. The number of allylic oxidation sites excluding steroid dienone is 25. The molecule has 0 spiro atoms. The number of hydrogen-bond donors (Lipinski definition) is 6. The molecule has 0 bridgehead atoms. The van der Waals surface area contributed by atoms with Gasteiger partial charge in [-0.2, -0.15) is 0 Å². The second kappa shape index (κ2) is 60.0. The lowest BCUT2D eigenvalue weighted by molar-refractivity contribution is -0.302. The first-order chi connectivity index (χ1) is 40.3. The Morgan fingerprint density at radius 3 is 1.17 bits per heavy atom. The van der Waals surface area contributed by atoms with Crippen molar-refractivity contribution in [2.45, 2.75) is 281 Å². The molecule has 9 nitrogen and oxygen atoms in total. The molecule has 9 heteroatoms. The highest BCUT2D eigenvalue weighted by Gasteiger charge is 2.44. The number of carbonyl (C=O) groups excluding carboxylic acids is 1. The van der Waals surface area contributed by atoms with Gasteiger partial charge in [-0.15, -0.1) is 0 Å².